The van der Waals surface area contributed by atoms with Gasteiger partial charge in [-0.3, -0.25) is 9.89 Å². The molecule has 0 spiro atoms. The first-order valence-electron chi connectivity index (χ1n) is 9.26. The number of amides is 1. The molecular formula is C22H22N4O2. The molecule has 0 saturated heterocycles. The van der Waals surface area contributed by atoms with E-state index < -0.39 is 0 Å². The quantitative estimate of drug-likeness (QED) is 0.483. The van der Waals surface area contributed by atoms with Crippen molar-refractivity contribution in [3.63, 3.8) is 0 Å². The van der Waals surface area contributed by atoms with Crippen molar-refractivity contribution in [2.75, 3.05) is 13.7 Å². The van der Waals surface area contributed by atoms with Crippen LogP contribution in [0.1, 0.15) is 16.9 Å². The molecular weight excluding hydrogens is 352 g/mol. The zero-order chi connectivity index (χ0) is 19.3. The van der Waals surface area contributed by atoms with Gasteiger partial charge in [0.25, 0.3) is 5.91 Å². The summed E-state index contributed by atoms with van der Waals surface area (Å²) >= 11 is 0. The Hall–Kier alpha value is -3.54. The molecule has 0 aliphatic rings. The zero-order valence-electron chi connectivity index (χ0n) is 15.7. The number of benzene rings is 2. The van der Waals surface area contributed by atoms with Crippen LogP contribution in [0.2, 0.25) is 0 Å². The Kier molecular flexibility index (Phi) is 5.10. The third-order valence-corrected chi connectivity index (χ3v) is 4.73. The monoisotopic (exact) mass is 374 g/mol. The van der Waals surface area contributed by atoms with Gasteiger partial charge < -0.3 is 14.6 Å². The number of methoxy groups -OCH3 is 1. The van der Waals surface area contributed by atoms with Crippen LogP contribution in [0.3, 0.4) is 0 Å². The molecule has 2 N–H and O–H groups in total. The van der Waals surface area contributed by atoms with Gasteiger partial charge in [0.1, 0.15) is 11.4 Å². The van der Waals surface area contributed by atoms with E-state index in [4.69, 9.17) is 4.74 Å². The zero-order valence-corrected chi connectivity index (χ0v) is 15.7. The number of rotatable bonds is 7. The van der Waals surface area contributed by atoms with E-state index >= 15 is 0 Å². The third kappa shape index (κ3) is 3.76. The van der Waals surface area contributed by atoms with Crippen molar-refractivity contribution in [2.24, 2.45) is 0 Å². The average Bonchev–Trinajstić information content (AvgIpc) is 3.39. The van der Waals surface area contributed by atoms with Crippen molar-refractivity contribution < 1.29 is 9.53 Å². The molecule has 1 amide bonds. The number of hydrogen-bond acceptors (Lipinski definition) is 3. The lowest BCUT2D eigenvalue weighted by Crippen LogP contribution is -2.25. The highest BCUT2D eigenvalue weighted by molar-refractivity contribution is 5.93. The van der Waals surface area contributed by atoms with Gasteiger partial charge in [0.2, 0.25) is 0 Å². The van der Waals surface area contributed by atoms with Gasteiger partial charge in [0.15, 0.2) is 0 Å². The molecule has 6 nitrogen and oxygen atoms in total. The second-order valence-electron chi connectivity index (χ2n) is 6.58. The van der Waals surface area contributed by atoms with Gasteiger partial charge in [-0.1, -0.05) is 30.3 Å². The molecule has 0 radical (unpaired) electrons. The molecule has 0 atom stereocenters. The molecule has 28 heavy (non-hydrogen) atoms. The molecule has 0 bridgehead atoms. The molecule has 0 saturated carbocycles. The van der Waals surface area contributed by atoms with E-state index in [0.717, 1.165) is 24.3 Å². The predicted molar refractivity (Wildman–Crippen MR) is 109 cm³/mol. The Morgan fingerprint density at radius 2 is 2.04 bits per heavy atom. The summed E-state index contributed by atoms with van der Waals surface area (Å²) in [5.74, 6) is 0.600. The molecule has 0 unspecified atom stereocenters. The fraction of sp³-hybridized carbons (Fsp3) is 0.182. The van der Waals surface area contributed by atoms with Crippen molar-refractivity contribution in [1.82, 2.24) is 20.1 Å². The van der Waals surface area contributed by atoms with E-state index in [9.17, 15) is 4.79 Å². The number of H-pyrrole nitrogens is 1. The van der Waals surface area contributed by atoms with Gasteiger partial charge in [-0.15, -0.1) is 0 Å². The minimum Gasteiger partial charge on any atom is -0.497 e. The van der Waals surface area contributed by atoms with Gasteiger partial charge in [-0.25, -0.2) is 0 Å². The lowest BCUT2D eigenvalue weighted by Gasteiger charge is -2.06. The number of carbonyl (C=O) groups excluding carboxylic acids is 1. The summed E-state index contributed by atoms with van der Waals surface area (Å²) in [5.41, 5.74) is 3.27. The normalized spacial score (nSPS) is 10.9. The van der Waals surface area contributed by atoms with Crippen LogP contribution in [-0.2, 0) is 6.54 Å². The predicted octanol–water partition coefficient (Wildman–Crippen LogP) is 3.86. The Morgan fingerprint density at radius 1 is 1.14 bits per heavy atom. The van der Waals surface area contributed by atoms with Crippen molar-refractivity contribution in [3.05, 3.63) is 72.6 Å². The molecule has 4 rings (SSSR count). The topological polar surface area (TPSA) is 71.9 Å². The first kappa shape index (κ1) is 17.9. The standard InChI is InChI=1S/C22H22N4O2/c1-28-18-8-4-7-17(14-18)19-15-20(25-24-19)22(27)23-11-5-12-26-13-10-16-6-2-3-9-21(16)26/h2-4,6-10,13-15H,5,11-12H2,1H3,(H,23,27)(H,24,25). The van der Waals surface area contributed by atoms with Crippen LogP contribution in [-0.4, -0.2) is 34.3 Å². The van der Waals surface area contributed by atoms with Crippen LogP contribution in [0.25, 0.3) is 22.2 Å². The van der Waals surface area contributed by atoms with Crippen LogP contribution in [0.5, 0.6) is 5.75 Å². The summed E-state index contributed by atoms with van der Waals surface area (Å²) in [6.45, 7) is 1.45. The summed E-state index contributed by atoms with van der Waals surface area (Å²) in [6.07, 6.45) is 2.93. The number of aryl methyl sites for hydroxylation is 1. The second-order valence-corrected chi connectivity index (χ2v) is 6.58. The number of fused-ring (bicyclic) bond motifs is 1. The largest absolute Gasteiger partial charge is 0.497 e. The summed E-state index contributed by atoms with van der Waals surface area (Å²) in [6, 6.07) is 19.7. The number of aromatic amines is 1. The maximum absolute atomic E-state index is 12.4. The van der Waals surface area contributed by atoms with E-state index in [1.54, 1.807) is 13.2 Å². The average molecular weight is 374 g/mol. The number of para-hydroxylation sites is 1. The summed E-state index contributed by atoms with van der Waals surface area (Å²) < 4.78 is 7.44. The number of hydrogen-bond donors (Lipinski definition) is 2. The minimum atomic E-state index is -0.154. The summed E-state index contributed by atoms with van der Waals surface area (Å²) in [4.78, 5) is 12.4. The van der Waals surface area contributed by atoms with Crippen LogP contribution < -0.4 is 10.1 Å². The lowest BCUT2D eigenvalue weighted by molar-refractivity contribution is 0.0948. The van der Waals surface area contributed by atoms with Gasteiger partial charge in [0.05, 0.1) is 12.8 Å². The number of nitrogens with zero attached hydrogens (tertiary/aromatic N) is 2. The highest BCUT2D eigenvalue weighted by atomic mass is 16.5. The van der Waals surface area contributed by atoms with E-state index in [0.29, 0.717) is 17.9 Å². The van der Waals surface area contributed by atoms with Crippen LogP contribution in [0.4, 0.5) is 0 Å². The molecule has 2 aromatic heterocycles. The van der Waals surface area contributed by atoms with Gasteiger partial charge >= 0.3 is 0 Å². The first-order valence-corrected chi connectivity index (χ1v) is 9.26. The minimum absolute atomic E-state index is 0.154. The highest BCUT2D eigenvalue weighted by Gasteiger charge is 2.11. The number of nitrogens with one attached hydrogen (secondary N) is 2. The van der Waals surface area contributed by atoms with Gasteiger partial charge in [-0.2, -0.15) is 5.10 Å². The molecule has 4 aromatic rings. The van der Waals surface area contributed by atoms with E-state index in [-0.39, 0.29) is 5.91 Å². The molecule has 142 valence electrons. The maximum atomic E-state index is 12.4. The van der Waals surface area contributed by atoms with E-state index in [2.05, 4.69) is 44.5 Å². The van der Waals surface area contributed by atoms with Crippen LogP contribution in [0, 0.1) is 0 Å². The number of carbonyl (C=O) groups is 1. The fourth-order valence-electron chi connectivity index (χ4n) is 3.25. The van der Waals surface area contributed by atoms with E-state index in [1.807, 2.05) is 36.4 Å². The fourth-order valence-corrected chi connectivity index (χ4v) is 3.25. The van der Waals surface area contributed by atoms with Crippen molar-refractivity contribution >= 4 is 16.8 Å². The molecule has 2 aromatic carbocycles. The molecule has 0 aliphatic heterocycles. The molecule has 6 heteroatoms. The van der Waals surface area contributed by atoms with Gasteiger partial charge in [0, 0.05) is 30.4 Å². The number of aromatic nitrogens is 3. The Morgan fingerprint density at radius 3 is 2.93 bits per heavy atom. The van der Waals surface area contributed by atoms with Crippen molar-refractivity contribution in [1.29, 1.82) is 0 Å². The van der Waals surface area contributed by atoms with Crippen LogP contribution >= 0.6 is 0 Å². The SMILES string of the molecule is COc1cccc(-c2cc(C(=O)NCCCn3ccc4ccccc43)[nH]n2)c1. The Bertz CT molecular complexity index is 1100. The smallest absolute Gasteiger partial charge is 0.269 e. The van der Waals surface area contributed by atoms with E-state index in [1.165, 1.54) is 10.9 Å². The summed E-state index contributed by atoms with van der Waals surface area (Å²) in [7, 11) is 1.62. The van der Waals surface area contributed by atoms with Crippen molar-refractivity contribution in [3.8, 4) is 17.0 Å². The lowest BCUT2D eigenvalue weighted by atomic mass is 10.1. The maximum Gasteiger partial charge on any atom is 0.269 e. The van der Waals surface area contributed by atoms with Crippen LogP contribution in [0.15, 0.2) is 66.9 Å². The highest BCUT2D eigenvalue weighted by Crippen LogP contribution is 2.22. The summed E-state index contributed by atoms with van der Waals surface area (Å²) in [5, 5.41) is 11.2. The second kappa shape index (κ2) is 8.00. The molecule has 0 aliphatic carbocycles. The molecule has 0 fully saturated rings. The third-order valence-electron chi connectivity index (χ3n) is 4.73. The Labute approximate surface area is 163 Å². The van der Waals surface area contributed by atoms with Gasteiger partial charge in [-0.05, 0) is 42.1 Å². The van der Waals surface area contributed by atoms with Crippen molar-refractivity contribution in [2.45, 2.75) is 13.0 Å². The Balaban J connectivity index is 1.32. The molecule has 2 heterocycles. The number of ether oxygens (including phenoxy) is 1. The first-order chi connectivity index (χ1) is 13.7.